The van der Waals surface area contributed by atoms with Gasteiger partial charge in [-0.05, 0) is 73.0 Å². The average Bonchev–Trinajstić information content (AvgIpc) is 3.28. The van der Waals surface area contributed by atoms with E-state index in [2.05, 4.69) is 112 Å². The molecule has 0 saturated carbocycles. The molecule has 4 aromatic carbocycles. The number of para-hydroxylation sites is 4. The van der Waals surface area contributed by atoms with Crippen molar-refractivity contribution in [2.24, 2.45) is 0 Å². The van der Waals surface area contributed by atoms with Crippen LogP contribution in [0.25, 0.3) is 0 Å². The van der Waals surface area contributed by atoms with Gasteiger partial charge in [0.05, 0.1) is 17.1 Å². The Bertz CT molecular complexity index is 1490. The maximum Gasteiger partial charge on any atom is 0.153 e. The summed E-state index contributed by atoms with van der Waals surface area (Å²) in [6.07, 6.45) is 5.83. The molecule has 0 fully saturated rings. The van der Waals surface area contributed by atoms with Gasteiger partial charge in [0.1, 0.15) is 0 Å². The highest BCUT2D eigenvalue weighted by Gasteiger charge is 2.34. The van der Waals surface area contributed by atoms with E-state index in [1.807, 2.05) is 18.2 Å². The van der Waals surface area contributed by atoms with E-state index in [1.54, 1.807) is 0 Å². The molecule has 4 nitrogen and oxygen atoms in total. The first-order chi connectivity index (χ1) is 17.8. The van der Waals surface area contributed by atoms with Crippen LogP contribution < -0.4 is 14.7 Å². The van der Waals surface area contributed by atoms with Gasteiger partial charge in [-0.1, -0.05) is 60.7 Å². The Kier molecular flexibility index (Phi) is 4.93. The van der Waals surface area contributed by atoms with Crippen LogP contribution in [0.1, 0.15) is 30.2 Å². The number of benzene rings is 4. The van der Waals surface area contributed by atoms with Gasteiger partial charge in [-0.2, -0.15) is 0 Å². The van der Waals surface area contributed by atoms with Crippen molar-refractivity contribution < 1.29 is 5.11 Å². The minimum Gasteiger partial charge on any atom is -0.369 e. The smallest absolute Gasteiger partial charge is 0.153 e. The predicted molar refractivity (Wildman–Crippen MR) is 147 cm³/mol. The molecule has 176 valence electrons. The molecule has 1 N–H and O–H groups in total. The molecule has 0 amide bonds. The van der Waals surface area contributed by atoms with Gasteiger partial charge in [0.15, 0.2) is 6.23 Å². The number of hydrogen-bond acceptors (Lipinski definition) is 4. The third-order valence-electron chi connectivity index (χ3n) is 7.40. The van der Waals surface area contributed by atoms with Crippen molar-refractivity contribution in [1.82, 2.24) is 0 Å². The van der Waals surface area contributed by atoms with Gasteiger partial charge in [-0.3, -0.25) is 0 Å². The number of allylic oxidation sites excluding steroid dienone is 3. The van der Waals surface area contributed by atoms with Crippen molar-refractivity contribution in [2.75, 3.05) is 14.7 Å². The molecule has 0 spiro atoms. The lowest BCUT2D eigenvalue weighted by molar-refractivity contribution is 0.182. The first-order valence-electron chi connectivity index (χ1n) is 12.6. The highest BCUT2D eigenvalue weighted by molar-refractivity contribution is 5.90. The van der Waals surface area contributed by atoms with Crippen molar-refractivity contribution in [2.45, 2.75) is 25.6 Å². The Labute approximate surface area is 211 Å². The molecule has 0 bridgehead atoms. The van der Waals surface area contributed by atoms with Crippen LogP contribution in [-0.4, -0.2) is 5.11 Å². The van der Waals surface area contributed by atoms with Gasteiger partial charge < -0.3 is 19.8 Å². The van der Waals surface area contributed by atoms with Gasteiger partial charge in [-0.15, -0.1) is 0 Å². The van der Waals surface area contributed by atoms with Gasteiger partial charge in [0.2, 0.25) is 0 Å². The fraction of sp³-hybridized carbons (Fsp3) is 0.125. The summed E-state index contributed by atoms with van der Waals surface area (Å²) in [5.41, 5.74) is 10.2. The zero-order valence-corrected chi connectivity index (χ0v) is 20.0. The van der Waals surface area contributed by atoms with Crippen LogP contribution >= 0.6 is 0 Å². The molecule has 1 unspecified atom stereocenters. The molecule has 2 heterocycles. The van der Waals surface area contributed by atoms with Crippen LogP contribution in [0.4, 0.5) is 28.4 Å². The number of hydrogen-bond donors (Lipinski definition) is 1. The molecule has 0 saturated heterocycles. The van der Waals surface area contributed by atoms with Crippen LogP contribution in [-0.2, 0) is 6.54 Å². The summed E-state index contributed by atoms with van der Waals surface area (Å²) < 4.78 is 0. The summed E-state index contributed by atoms with van der Waals surface area (Å²) in [6.45, 7) is 0.704. The monoisotopic (exact) mass is 469 g/mol. The lowest BCUT2D eigenvalue weighted by Crippen LogP contribution is -2.32. The first-order valence-corrected chi connectivity index (χ1v) is 12.6. The number of aliphatic hydroxyl groups is 1. The standard InChI is InChI=1S/C32H27N3O/c36-32-27-21-26(20-19-23(27)22-33(32)24-11-3-1-4-12-24)35-30-17-9-7-15-28(30)34(25-13-5-2-6-14-25)29-16-8-10-18-31(29)35/h1-9,11-17,19-21,32,36H,10,18,22H2. The van der Waals surface area contributed by atoms with Crippen LogP contribution in [0.2, 0.25) is 0 Å². The second-order valence-corrected chi connectivity index (χ2v) is 9.49. The molecular formula is C32H27N3O. The topological polar surface area (TPSA) is 30.0 Å². The largest absolute Gasteiger partial charge is 0.369 e. The summed E-state index contributed by atoms with van der Waals surface area (Å²) in [7, 11) is 0. The molecular weight excluding hydrogens is 442 g/mol. The maximum absolute atomic E-state index is 11.3. The van der Waals surface area contributed by atoms with E-state index in [9.17, 15) is 5.11 Å². The zero-order valence-electron chi connectivity index (χ0n) is 20.0. The molecule has 0 radical (unpaired) electrons. The number of aliphatic hydroxyl groups excluding tert-OH is 1. The van der Waals surface area contributed by atoms with Crippen molar-refractivity contribution in [3.8, 4) is 0 Å². The van der Waals surface area contributed by atoms with Crippen molar-refractivity contribution >= 4 is 28.4 Å². The minimum absolute atomic E-state index is 0.664. The lowest BCUT2D eigenvalue weighted by Gasteiger charge is -2.42. The summed E-state index contributed by atoms with van der Waals surface area (Å²) >= 11 is 0. The molecule has 4 heteroatoms. The zero-order chi connectivity index (χ0) is 24.1. The van der Waals surface area contributed by atoms with E-state index in [0.717, 1.165) is 46.8 Å². The van der Waals surface area contributed by atoms with E-state index >= 15 is 0 Å². The maximum atomic E-state index is 11.3. The van der Waals surface area contributed by atoms with Gasteiger partial charge in [-0.25, -0.2) is 0 Å². The Balaban J connectivity index is 1.36. The second-order valence-electron chi connectivity index (χ2n) is 9.49. The van der Waals surface area contributed by atoms with Gasteiger partial charge >= 0.3 is 0 Å². The SMILES string of the molecule is OC1c2cc(N3C4=C(C=CCC4)N(c4ccccc4)c4ccccc43)ccc2CN1c1ccccc1. The van der Waals surface area contributed by atoms with E-state index in [1.165, 1.54) is 17.0 Å². The summed E-state index contributed by atoms with van der Waals surface area (Å²) in [4.78, 5) is 6.83. The third kappa shape index (κ3) is 3.26. The Morgan fingerprint density at radius 3 is 2.08 bits per heavy atom. The average molecular weight is 470 g/mol. The van der Waals surface area contributed by atoms with Crippen LogP contribution in [0, 0.1) is 0 Å². The first kappa shape index (κ1) is 21.0. The molecule has 1 aliphatic carbocycles. The highest BCUT2D eigenvalue weighted by Crippen LogP contribution is 2.50. The van der Waals surface area contributed by atoms with Gasteiger partial charge in [0, 0.05) is 34.9 Å². The summed E-state index contributed by atoms with van der Waals surface area (Å²) in [6, 6.07) is 35.9. The second kappa shape index (κ2) is 8.43. The lowest BCUT2D eigenvalue weighted by atomic mass is 9.98. The minimum atomic E-state index is -0.664. The van der Waals surface area contributed by atoms with Crippen LogP contribution in [0.15, 0.2) is 127 Å². The molecule has 4 aromatic rings. The molecule has 2 aliphatic heterocycles. The summed E-state index contributed by atoms with van der Waals surface area (Å²) in [5.74, 6) is 0. The van der Waals surface area contributed by atoms with E-state index in [-0.39, 0.29) is 0 Å². The Hall–Kier alpha value is -4.28. The van der Waals surface area contributed by atoms with Crippen molar-refractivity contribution in [1.29, 1.82) is 0 Å². The van der Waals surface area contributed by atoms with Crippen molar-refractivity contribution in [3.63, 3.8) is 0 Å². The number of anilines is 5. The fourth-order valence-electron chi connectivity index (χ4n) is 5.73. The molecule has 36 heavy (non-hydrogen) atoms. The van der Waals surface area contributed by atoms with E-state index < -0.39 is 6.23 Å². The molecule has 1 atom stereocenters. The highest BCUT2D eigenvalue weighted by atomic mass is 16.3. The molecule has 7 rings (SSSR count). The van der Waals surface area contributed by atoms with Crippen LogP contribution in [0.5, 0.6) is 0 Å². The van der Waals surface area contributed by atoms with Gasteiger partial charge in [0.25, 0.3) is 0 Å². The predicted octanol–water partition coefficient (Wildman–Crippen LogP) is 7.55. The number of nitrogens with zero attached hydrogens (tertiary/aromatic N) is 3. The molecule has 3 aliphatic rings. The summed E-state index contributed by atoms with van der Waals surface area (Å²) in [5, 5.41) is 11.3. The number of rotatable bonds is 3. The molecule has 0 aromatic heterocycles. The fourth-order valence-corrected chi connectivity index (χ4v) is 5.73. The Morgan fingerprint density at radius 1 is 0.667 bits per heavy atom. The quantitative estimate of drug-likeness (QED) is 0.335. The normalized spacial score (nSPS) is 18.2. The van der Waals surface area contributed by atoms with E-state index in [4.69, 9.17) is 0 Å². The van der Waals surface area contributed by atoms with Crippen LogP contribution in [0.3, 0.4) is 0 Å². The van der Waals surface area contributed by atoms with Crippen molar-refractivity contribution in [3.05, 3.63) is 138 Å². The van der Waals surface area contributed by atoms with E-state index in [0.29, 0.717) is 6.54 Å². The third-order valence-corrected chi connectivity index (χ3v) is 7.40. The Morgan fingerprint density at radius 2 is 1.33 bits per heavy atom. The number of fused-ring (bicyclic) bond motifs is 2.